The highest BCUT2D eigenvalue weighted by Gasteiger charge is 2.11. The van der Waals surface area contributed by atoms with Crippen LogP contribution in [0.4, 0.5) is 8.78 Å². The van der Waals surface area contributed by atoms with E-state index < -0.39 is 5.82 Å². The molecule has 0 atom stereocenters. The minimum absolute atomic E-state index is 0.00451. The summed E-state index contributed by atoms with van der Waals surface area (Å²) in [5, 5.41) is 9.95. The van der Waals surface area contributed by atoms with Gasteiger partial charge in [0.05, 0.1) is 5.56 Å². The fourth-order valence-corrected chi connectivity index (χ4v) is 3.41. The molecule has 0 spiro atoms. The zero-order chi connectivity index (χ0) is 19.7. The SMILES string of the molecule is CCc1ccc(-c2ccc(-c3ccc4c(F)c(C#N)ccc4c3)c(F)c2)cc1. The van der Waals surface area contributed by atoms with Gasteiger partial charge in [-0.15, -0.1) is 0 Å². The third kappa shape index (κ3) is 3.14. The molecule has 0 N–H and O–H groups in total. The number of benzene rings is 4. The first-order chi connectivity index (χ1) is 13.6. The van der Waals surface area contributed by atoms with E-state index in [2.05, 4.69) is 19.1 Å². The minimum Gasteiger partial charge on any atom is -0.206 e. The molecular formula is C25H17F2N. The smallest absolute Gasteiger partial charge is 0.148 e. The number of aryl methyl sites for hydroxylation is 1. The van der Waals surface area contributed by atoms with Crippen LogP contribution in [0.15, 0.2) is 72.8 Å². The van der Waals surface area contributed by atoms with Gasteiger partial charge in [-0.05, 0) is 52.3 Å². The Balaban J connectivity index is 1.74. The molecule has 0 bridgehead atoms. The van der Waals surface area contributed by atoms with Crippen LogP contribution in [0.1, 0.15) is 18.1 Å². The monoisotopic (exact) mass is 369 g/mol. The van der Waals surface area contributed by atoms with Crippen LogP contribution in [0.3, 0.4) is 0 Å². The van der Waals surface area contributed by atoms with Crippen LogP contribution in [-0.4, -0.2) is 0 Å². The molecule has 28 heavy (non-hydrogen) atoms. The van der Waals surface area contributed by atoms with Gasteiger partial charge in [-0.2, -0.15) is 5.26 Å². The summed E-state index contributed by atoms with van der Waals surface area (Å²) in [6, 6.07) is 23.3. The van der Waals surface area contributed by atoms with E-state index in [0.717, 1.165) is 17.5 Å². The summed E-state index contributed by atoms with van der Waals surface area (Å²) < 4.78 is 29.1. The number of fused-ring (bicyclic) bond motifs is 1. The first-order valence-electron chi connectivity index (χ1n) is 9.12. The molecule has 0 radical (unpaired) electrons. The Bertz CT molecular complexity index is 1220. The van der Waals surface area contributed by atoms with Crippen LogP contribution >= 0.6 is 0 Å². The lowest BCUT2D eigenvalue weighted by molar-refractivity contribution is 0.632. The van der Waals surface area contributed by atoms with Gasteiger partial charge >= 0.3 is 0 Å². The van der Waals surface area contributed by atoms with Gasteiger partial charge in [0.1, 0.15) is 17.7 Å². The summed E-state index contributed by atoms with van der Waals surface area (Å²) in [5.41, 5.74) is 4.15. The van der Waals surface area contributed by atoms with Crippen molar-refractivity contribution in [2.45, 2.75) is 13.3 Å². The van der Waals surface area contributed by atoms with Gasteiger partial charge in [-0.1, -0.05) is 61.5 Å². The zero-order valence-corrected chi connectivity index (χ0v) is 15.3. The summed E-state index contributed by atoms with van der Waals surface area (Å²) in [4.78, 5) is 0. The van der Waals surface area contributed by atoms with E-state index in [0.29, 0.717) is 21.9 Å². The van der Waals surface area contributed by atoms with Crippen molar-refractivity contribution in [3.8, 4) is 28.3 Å². The van der Waals surface area contributed by atoms with Crippen LogP contribution in [0.2, 0.25) is 0 Å². The van der Waals surface area contributed by atoms with Crippen molar-refractivity contribution < 1.29 is 8.78 Å². The maximum Gasteiger partial charge on any atom is 0.148 e. The van der Waals surface area contributed by atoms with Gasteiger partial charge < -0.3 is 0 Å². The van der Waals surface area contributed by atoms with Gasteiger partial charge in [0.15, 0.2) is 0 Å². The molecule has 136 valence electrons. The first-order valence-corrected chi connectivity index (χ1v) is 9.12. The summed E-state index contributed by atoms with van der Waals surface area (Å²) in [5.74, 6) is -0.872. The normalized spacial score (nSPS) is 10.8. The molecule has 0 amide bonds. The second-order valence-electron chi connectivity index (χ2n) is 6.72. The molecule has 1 nitrogen and oxygen atoms in total. The quantitative estimate of drug-likeness (QED) is 0.386. The fraction of sp³-hybridized carbons (Fsp3) is 0.0800. The summed E-state index contributed by atoms with van der Waals surface area (Å²) in [6.07, 6.45) is 0.964. The van der Waals surface area contributed by atoms with Crippen molar-refractivity contribution in [3.63, 3.8) is 0 Å². The van der Waals surface area contributed by atoms with E-state index in [1.54, 1.807) is 30.3 Å². The predicted octanol–water partition coefficient (Wildman–Crippen LogP) is 6.89. The molecule has 4 aromatic rings. The molecule has 3 heteroatoms. The van der Waals surface area contributed by atoms with E-state index in [1.807, 2.05) is 24.3 Å². The number of hydrogen-bond donors (Lipinski definition) is 0. The molecule has 0 heterocycles. The van der Waals surface area contributed by atoms with E-state index in [1.165, 1.54) is 17.7 Å². The predicted molar refractivity (Wildman–Crippen MR) is 109 cm³/mol. The molecule has 0 aliphatic carbocycles. The third-order valence-corrected chi connectivity index (χ3v) is 5.05. The highest BCUT2D eigenvalue weighted by atomic mass is 19.1. The van der Waals surface area contributed by atoms with Gasteiger partial charge in [-0.3, -0.25) is 0 Å². The molecule has 0 unspecified atom stereocenters. The molecule has 0 saturated carbocycles. The fourth-order valence-electron chi connectivity index (χ4n) is 3.41. The van der Waals surface area contributed by atoms with Gasteiger partial charge in [0.25, 0.3) is 0 Å². The van der Waals surface area contributed by atoms with Crippen LogP contribution < -0.4 is 0 Å². The van der Waals surface area contributed by atoms with Crippen molar-refractivity contribution in [1.82, 2.24) is 0 Å². The Morgan fingerprint density at radius 3 is 2.18 bits per heavy atom. The van der Waals surface area contributed by atoms with Crippen molar-refractivity contribution in [3.05, 3.63) is 95.6 Å². The highest BCUT2D eigenvalue weighted by Crippen LogP contribution is 2.31. The molecule has 0 saturated heterocycles. The second-order valence-corrected chi connectivity index (χ2v) is 6.72. The van der Waals surface area contributed by atoms with Crippen molar-refractivity contribution in [1.29, 1.82) is 5.26 Å². The maximum atomic E-state index is 14.8. The third-order valence-electron chi connectivity index (χ3n) is 5.05. The summed E-state index contributed by atoms with van der Waals surface area (Å²) in [7, 11) is 0. The van der Waals surface area contributed by atoms with E-state index >= 15 is 0 Å². The average Bonchev–Trinajstić information content (AvgIpc) is 2.74. The standard InChI is InChI=1S/C25H17F2N/c1-2-16-3-5-17(6-4-16)18-9-11-22(24(26)14-18)19-10-12-23-20(13-19)7-8-21(15-28)25(23)27/h3-14H,2H2,1H3. The van der Waals surface area contributed by atoms with Gasteiger partial charge in [-0.25, -0.2) is 8.78 Å². The second kappa shape index (κ2) is 7.25. The van der Waals surface area contributed by atoms with Crippen LogP contribution in [0, 0.1) is 23.0 Å². The Morgan fingerprint density at radius 1 is 0.786 bits per heavy atom. The van der Waals surface area contributed by atoms with E-state index in [-0.39, 0.29) is 11.4 Å². The van der Waals surface area contributed by atoms with Gasteiger partial charge in [0.2, 0.25) is 0 Å². The topological polar surface area (TPSA) is 23.8 Å². The summed E-state index contributed by atoms with van der Waals surface area (Å²) >= 11 is 0. The van der Waals surface area contributed by atoms with Gasteiger partial charge in [0, 0.05) is 10.9 Å². The van der Waals surface area contributed by atoms with Crippen LogP contribution in [0.25, 0.3) is 33.0 Å². The maximum absolute atomic E-state index is 14.8. The molecular weight excluding hydrogens is 352 g/mol. The van der Waals surface area contributed by atoms with Crippen molar-refractivity contribution in [2.75, 3.05) is 0 Å². The highest BCUT2D eigenvalue weighted by molar-refractivity contribution is 5.89. The summed E-state index contributed by atoms with van der Waals surface area (Å²) in [6.45, 7) is 2.10. The molecule has 4 aromatic carbocycles. The zero-order valence-electron chi connectivity index (χ0n) is 15.3. The number of nitriles is 1. The number of hydrogen-bond acceptors (Lipinski definition) is 1. The molecule has 4 rings (SSSR count). The minimum atomic E-state index is -0.544. The lowest BCUT2D eigenvalue weighted by atomic mass is 9.96. The molecule has 0 aromatic heterocycles. The van der Waals surface area contributed by atoms with Crippen molar-refractivity contribution >= 4 is 10.8 Å². The van der Waals surface area contributed by atoms with Crippen LogP contribution in [0.5, 0.6) is 0 Å². The first kappa shape index (κ1) is 17.9. The Morgan fingerprint density at radius 2 is 1.50 bits per heavy atom. The average molecular weight is 369 g/mol. The van der Waals surface area contributed by atoms with Crippen LogP contribution in [-0.2, 0) is 6.42 Å². The molecule has 0 aliphatic heterocycles. The lowest BCUT2D eigenvalue weighted by Crippen LogP contribution is -1.90. The number of rotatable bonds is 3. The lowest BCUT2D eigenvalue weighted by Gasteiger charge is -2.09. The van der Waals surface area contributed by atoms with E-state index in [9.17, 15) is 8.78 Å². The Hall–Kier alpha value is -3.51. The number of halogens is 2. The number of nitrogens with zero attached hydrogens (tertiary/aromatic N) is 1. The largest absolute Gasteiger partial charge is 0.206 e. The molecule has 0 fully saturated rings. The Kier molecular flexibility index (Phi) is 4.63. The molecule has 0 aliphatic rings. The Labute approximate surface area is 162 Å². The van der Waals surface area contributed by atoms with E-state index in [4.69, 9.17) is 5.26 Å². The van der Waals surface area contributed by atoms with Crippen molar-refractivity contribution in [2.24, 2.45) is 0 Å².